The maximum atomic E-state index is 14.2. The standard InChI is InChI=1S/C17H16F2N6O3S/c1-9-3-8-12(18)13(14(9)19)15(26)25-16(20)23-17(24-25)22-10-4-6-11(7-5-10)29(27,28)21-2/h3-8,21H,1-2H3,(H3,20,22,23,24). The number of hydrogen-bond acceptors (Lipinski definition) is 7. The summed E-state index contributed by atoms with van der Waals surface area (Å²) in [7, 11) is -2.30. The monoisotopic (exact) mass is 422 g/mol. The zero-order valence-corrected chi connectivity index (χ0v) is 16.1. The Labute approximate surface area is 164 Å². The largest absolute Gasteiger partial charge is 0.368 e. The Kier molecular flexibility index (Phi) is 5.31. The van der Waals surface area contributed by atoms with Crippen molar-refractivity contribution in [1.29, 1.82) is 0 Å². The third kappa shape index (κ3) is 3.93. The molecule has 2 aromatic carbocycles. The number of nitrogens with zero attached hydrogens (tertiary/aromatic N) is 3. The number of nitrogens with one attached hydrogen (secondary N) is 2. The molecule has 0 fully saturated rings. The molecule has 0 amide bonds. The van der Waals surface area contributed by atoms with Crippen LogP contribution in [0.15, 0.2) is 41.3 Å². The molecular weight excluding hydrogens is 406 g/mol. The van der Waals surface area contributed by atoms with Gasteiger partial charge in [-0.25, -0.2) is 21.9 Å². The Bertz CT molecular complexity index is 1190. The van der Waals surface area contributed by atoms with Crippen LogP contribution in [0, 0.1) is 18.6 Å². The Morgan fingerprint density at radius 2 is 1.79 bits per heavy atom. The quantitative estimate of drug-likeness (QED) is 0.571. The summed E-state index contributed by atoms with van der Waals surface area (Å²) in [6.45, 7) is 1.39. The van der Waals surface area contributed by atoms with E-state index in [1.807, 2.05) is 0 Å². The third-order valence-electron chi connectivity index (χ3n) is 4.01. The van der Waals surface area contributed by atoms with E-state index in [9.17, 15) is 22.0 Å². The van der Waals surface area contributed by atoms with Gasteiger partial charge in [0, 0.05) is 5.69 Å². The van der Waals surface area contributed by atoms with Crippen molar-refractivity contribution < 1.29 is 22.0 Å². The number of nitrogen functional groups attached to an aromatic ring is 1. The van der Waals surface area contributed by atoms with Crippen molar-refractivity contribution in [3.63, 3.8) is 0 Å². The number of hydrogen-bond donors (Lipinski definition) is 3. The van der Waals surface area contributed by atoms with Gasteiger partial charge in [0.2, 0.25) is 21.9 Å². The van der Waals surface area contributed by atoms with Gasteiger partial charge in [-0.05, 0) is 49.9 Å². The van der Waals surface area contributed by atoms with E-state index in [0.717, 1.165) is 6.07 Å². The van der Waals surface area contributed by atoms with Gasteiger partial charge in [-0.3, -0.25) is 4.79 Å². The number of nitrogens with two attached hydrogens (primary N) is 1. The Balaban J connectivity index is 1.88. The van der Waals surface area contributed by atoms with Crippen LogP contribution in [-0.4, -0.2) is 36.1 Å². The summed E-state index contributed by atoms with van der Waals surface area (Å²) in [5.41, 5.74) is 5.36. The van der Waals surface area contributed by atoms with Crippen LogP contribution < -0.4 is 15.8 Å². The lowest BCUT2D eigenvalue weighted by Crippen LogP contribution is -2.20. The van der Waals surface area contributed by atoms with Crippen LogP contribution in [-0.2, 0) is 10.0 Å². The summed E-state index contributed by atoms with van der Waals surface area (Å²) < 4.78 is 54.4. The SMILES string of the molecule is CNS(=O)(=O)c1ccc(Nc2nc(N)n(C(=O)c3c(F)ccc(C)c3F)n2)cc1. The summed E-state index contributed by atoms with van der Waals surface area (Å²) in [4.78, 5) is 16.4. The number of rotatable bonds is 5. The minimum absolute atomic E-state index is 0.0455. The molecule has 9 nitrogen and oxygen atoms in total. The summed E-state index contributed by atoms with van der Waals surface area (Å²) in [6, 6.07) is 7.76. The molecule has 3 rings (SSSR count). The first-order valence-corrected chi connectivity index (χ1v) is 9.65. The van der Waals surface area contributed by atoms with Crippen molar-refractivity contribution in [2.24, 2.45) is 0 Å². The Morgan fingerprint density at radius 3 is 2.41 bits per heavy atom. The molecule has 152 valence electrons. The van der Waals surface area contributed by atoms with Gasteiger partial charge in [-0.15, -0.1) is 5.10 Å². The van der Waals surface area contributed by atoms with E-state index in [0.29, 0.717) is 10.4 Å². The van der Waals surface area contributed by atoms with Crippen LogP contribution in [0.2, 0.25) is 0 Å². The average Bonchev–Trinajstić information content (AvgIpc) is 3.05. The molecule has 0 radical (unpaired) electrons. The highest BCUT2D eigenvalue weighted by atomic mass is 32.2. The van der Waals surface area contributed by atoms with Gasteiger partial charge in [0.05, 0.1) is 4.90 Å². The van der Waals surface area contributed by atoms with Crippen molar-refractivity contribution in [2.45, 2.75) is 11.8 Å². The zero-order chi connectivity index (χ0) is 21.3. The molecule has 4 N–H and O–H groups in total. The van der Waals surface area contributed by atoms with Gasteiger partial charge >= 0.3 is 0 Å². The van der Waals surface area contributed by atoms with E-state index in [-0.39, 0.29) is 22.4 Å². The van der Waals surface area contributed by atoms with Gasteiger partial charge < -0.3 is 11.1 Å². The number of halogens is 2. The first kappa shape index (κ1) is 20.4. The van der Waals surface area contributed by atoms with E-state index >= 15 is 0 Å². The fraction of sp³-hybridized carbons (Fsp3) is 0.118. The van der Waals surface area contributed by atoms with Crippen LogP contribution in [0.25, 0.3) is 0 Å². The van der Waals surface area contributed by atoms with Gasteiger partial charge in [-0.2, -0.15) is 9.67 Å². The molecular formula is C17H16F2N6O3S. The van der Waals surface area contributed by atoms with E-state index in [1.165, 1.54) is 44.3 Å². The normalized spacial score (nSPS) is 11.4. The molecule has 0 aliphatic carbocycles. The van der Waals surface area contributed by atoms with Crippen LogP contribution in [0.4, 0.5) is 26.4 Å². The molecule has 0 saturated heterocycles. The molecule has 29 heavy (non-hydrogen) atoms. The number of aryl methyl sites for hydroxylation is 1. The number of aromatic nitrogens is 3. The van der Waals surface area contributed by atoms with Gasteiger partial charge in [0.25, 0.3) is 5.91 Å². The number of sulfonamides is 1. The minimum Gasteiger partial charge on any atom is -0.368 e. The summed E-state index contributed by atoms with van der Waals surface area (Å²) in [5.74, 6) is -3.68. The fourth-order valence-corrected chi connectivity index (χ4v) is 3.18. The topological polar surface area (TPSA) is 132 Å². The predicted molar refractivity (Wildman–Crippen MR) is 101 cm³/mol. The molecule has 0 atom stereocenters. The Hall–Kier alpha value is -3.38. The molecule has 0 aliphatic rings. The molecule has 0 saturated carbocycles. The van der Waals surface area contributed by atoms with Gasteiger partial charge in [0.15, 0.2) is 0 Å². The number of carbonyl (C=O) groups is 1. The molecule has 0 spiro atoms. The number of anilines is 3. The average molecular weight is 422 g/mol. The highest BCUT2D eigenvalue weighted by Gasteiger charge is 2.24. The third-order valence-corrected chi connectivity index (χ3v) is 5.44. The van der Waals surface area contributed by atoms with Gasteiger partial charge in [0.1, 0.15) is 17.2 Å². The van der Waals surface area contributed by atoms with E-state index in [4.69, 9.17) is 5.73 Å². The molecule has 12 heteroatoms. The first-order chi connectivity index (χ1) is 13.6. The van der Waals surface area contributed by atoms with Crippen molar-refractivity contribution >= 4 is 33.5 Å². The highest BCUT2D eigenvalue weighted by Crippen LogP contribution is 2.21. The van der Waals surface area contributed by atoms with Crippen LogP contribution in [0.5, 0.6) is 0 Å². The molecule has 0 aliphatic heterocycles. The second-order valence-corrected chi connectivity index (χ2v) is 7.81. The molecule has 1 aromatic heterocycles. The summed E-state index contributed by atoms with van der Waals surface area (Å²) in [5, 5.41) is 6.57. The van der Waals surface area contributed by atoms with Crippen molar-refractivity contribution in [1.82, 2.24) is 19.5 Å². The van der Waals surface area contributed by atoms with Crippen molar-refractivity contribution in [3.8, 4) is 0 Å². The van der Waals surface area contributed by atoms with E-state index in [1.54, 1.807) is 0 Å². The van der Waals surface area contributed by atoms with Crippen LogP contribution in [0.3, 0.4) is 0 Å². The smallest absolute Gasteiger partial charge is 0.287 e. The maximum Gasteiger partial charge on any atom is 0.287 e. The minimum atomic E-state index is -3.59. The maximum absolute atomic E-state index is 14.2. The second kappa shape index (κ2) is 7.56. The highest BCUT2D eigenvalue weighted by molar-refractivity contribution is 7.89. The van der Waals surface area contributed by atoms with Crippen LogP contribution in [0.1, 0.15) is 15.9 Å². The molecule has 0 bridgehead atoms. The Morgan fingerprint density at radius 1 is 1.14 bits per heavy atom. The first-order valence-electron chi connectivity index (χ1n) is 8.16. The molecule has 0 unspecified atom stereocenters. The number of benzene rings is 2. The zero-order valence-electron chi connectivity index (χ0n) is 15.3. The lowest BCUT2D eigenvalue weighted by Gasteiger charge is -2.06. The van der Waals surface area contributed by atoms with Crippen molar-refractivity contribution in [2.75, 3.05) is 18.1 Å². The van der Waals surface area contributed by atoms with Crippen molar-refractivity contribution in [3.05, 3.63) is 59.2 Å². The molecule has 1 heterocycles. The van der Waals surface area contributed by atoms with Crippen LogP contribution >= 0.6 is 0 Å². The predicted octanol–water partition coefficient (Wildman–Crippen LogP) is 1.79. The molecule has 3 aromatic rings. The number of carbonyl (C=O) groups excluding carboxylic acids is 1. The lowest BCUT2D eigenvalue weighted by atomic mass is 10.1. The van der Waals surface area contributed by atoms with E-state index < -0.39 is 33.1 Å². The van der Waals surface area contributed by atoms with E-state index in [2.05, 4.69) is 20.1 Å². The summed E-state index contributed by atoms with van der Waals surface area (Å²) in [6.07, 6.45) is 0. The van der Waals surface area contributed by atoms with Gasteiger partial charge in [-0.1, -0.05) is 6.07 Å². The fourth-order valence-electron chi connectivity index (χ4n) is 2.45. The summed E-state index contributed by atoms with van der Waals surface area (Å²) >= 11 is 0. The lowest BCUT2D eigenvalue weighted by molar-refractivity contribution is 0.0939. The second-order valence-electron chi connectivity index (χ2n) is 5.92.